The number of hydrogen-bond donors (Lipinski definition) is 0. The summed E-state index contributed by atoms with van der Waals surface area (Å²) in [6, 6.07) is 0. The van der Waals surface area contributed by atoms with Crippen LogP contribution in [0, 0.1) is 5.92 Å². The molecule has 0 heterocycles. The predicted octanol–water partition coefficient (Wildman–Crippen LogP) is 1.88. The number of hydrogen-bond acceptors (Lipinski definition) is 5. The Morgan fingerprint density at radius 3 is 2.29 bits per heavy atom. The van der Waals surface area contributed by atoms with Gasteiger partial charge < -0.3 is 13.9 Å². The first-order valence-corrected chi connectivity index (χ1v) is 6.18. The molecule has 0 aliphatic heterocycles. The third-order valence-corrected chi connectivity index (χ3v) is 3.99. The second-order valence-corrected chi connectivity index (χ2v) is 5.44. The molecule has 0 N–H and O–H groups in total. The summed E-state index contributed by atoms with van der Waals surface area (Å²) in [6.45, 7) is 0. The largest absolute Gasteiger partial charge is 0.399 e. The zero-order valence-corrected chi connectivity index (χ0v) is 9.62. The molecule has 1 rings (SSSR count). The van der Waals surface area contributed by atoms with Crippen molar-refractivity contribution < 1.29 is 18.5 Å². The Morgan fingerprint density at radius 1 is 1.36 bits per heavy atom. The average Bonchev–Trinajstić information content (AvgIpc) is 3.00. The molecule has 1 fully saturated rings. The number of rotatable bonds is 6. The minimum atomic E-state index is -2.99. The van der Waals surface area contributed by atoms with Gasteiger partial charge in [0.25, 0.3) is 0 Å². The highest BCUT2D eigenvalue weighted by Gasteiger charge is 2.34. The van der Waals surface area contributed by atoms with Crippen LogP contribution in [0.25, 0.3) is 0 Å². The molecule has 0 aromatic rings. The van der Waals surface area contributed by atoms with E-state index in [0.29, 0.717) is 5.92 Å². The Balaban J connectivity index is 2.62. The maximum Gasteiger partial charge on any atom is 0.335 e. The molecule has 14 heavy (non-hydrogen) atoms. The Hall–Kier alpha value is -0.380. The minimum Gasteiger partial charge on any atom is -0.399 e. The molecule has 0 spiro atoms. The smallest absolute Gasteiger partial charge is 0.335 e. The van der Waals surface area contributed by atoms with Crippen molar-refractivity contribution in [2.45, 2.75) is 12.8 Å². The fraction of sp³-hybridized carbons (Fsp3) is 0.875. The van der Waals surface area contributed by atoms with E-state index in [-0.39, 0.29) is 6.16 Å². The molecular weight excluding hydrogens is 205 g/mol. The molecule has 0 amide bonds. The van der Waals surface area contributed by atoms with Crippen LogP contribution >= 0.6 is 7.60 Å². The van der Waals surface area contributed by atoms with Gasteiger partial charge in [-0.1, -0.05) is 5.16 Å². The van der Waals surface area contributed by atoms with E-state index in [1.807, 2.05) is 0 Å². The summed E-state index contributed by atoms with van der Waals surface area (Å²) in [5, 5.41) is 3.85. The van der Waals surface area contributed by atoms with Crippen molar-refractivity contribution in [2.75, 3.05) is 27.5 Å². The highest BCUT2D eigenvalue weighted by atomic mass is 31.2. The van der Waals surface area contributed by atoms with Crippen molar-refractivity contribution in [3.63, 3.8) is 0 Å². The molecule has 0 aromatic heterocycles. The van der Waals surface area contributed by atoms with Crippen molar-refractivity contribution in [1.29, 1.82) is 0 Å². The molecule has 6 heteroatoms. The average molecular weight is 221 g/mol. The lowest BCUT2D eigenvalue weighted by atomic mass is 10.3. The monoisotopic (exact) mass is 221 g/mol. The van der Waals surface area contributed by atoms with Gasteiger partial charge in [0.1, 0.15) is 7.11 Å². The van der Waals surface area contributed by atoms with Crippen molar-refractivity contribution in [3.8, 4) is 0 Å². The van der Waals surface area contributed by atoms with E-state index in [2.05, 4.69) is 5.16 Å². The second kappa shape index (κ2) is 4.91. The lowest BCUT2D eigenvalue weighted by Crippen LogP contribution is -2.10. The van der Waals surface area contributed by atoms with Crippen LogP contribution in [-0.4, -0.2) is 33.2 Å². The number of oxime groups is 1. The predicted molar refractivity (Wildman–Crippen MR) is 53.7 cm³/mol. The van der Waals surface area contributed by atoms with Crippen LogP contribution in [-0.2, 0) is 18.5 Å². The van der Waals surface area contributed by atoms with E-state index in [1.54, 1.807) is 0 Å². The van der Waals surface area contributed by atoms with Gasteiger partial charge in [-0.15, -0.1) is 0 Å². The zero-order chi connectivity index (χ0) is 10.6. The van der Waals surface area contributed by atoms with Crippen LogP contribution in [0.15, 0.2) is 5.16 Å². The molecule has 1 aliphatic rings. The highest BCUT2D eigenvalue weighted by Crippen LogP contribution is 2.48. The first-order chi connectivity index (χ1) is 6.65. The minimum absolute atomic E-state index is 0.221. The van der Waals surface area contributed by atoms with Crippen LogP contribution in [0.4, 0.5) is 0 Å². The van der Waals surface area contributed by atoms with Gasteiger partial charge in [-0.25, -0.2) is 0 Å². The van der Waals surface area contributed by atoms with Gasteiger partial charge in [0.15, 0.2) is 0 Å². The molecule has 82 valence electrons. The van der Waals surface area contributed by atoms with E-state index in [0.717, 1.165) is 18.6 Å². The molecule has 0 aromatic carbocycles. The molecule has 5 nitrogen and oxygen atoms in total. The summed E-state index contributed by atoms with van der Waals surface area (Å²) in [4.78, 5) is 4.70. The second-order valence-electron chi connectivity index (χ2n) is 3.17. The van der Waals surface area contributed by atoms with Gasteiger partial charge in [0.2, 0.25) is 0 Å². The highest BCUT2D eigenvalue weighted by molar-refractivity contribution is 7.54. The third kappa shape index (κ3) is 3.08. The van der Waals surface area contributed by atoms with Gasteiger partial charge >= 0.3 is 7.60 Å². The Morgan fingerprint density at radius 2 is 1.93 bits per heavy atom. The fourth-order valence-electron chi connectivity index (χ4n) is 1.17. The van der Waals surface area contributed by atoms with Crippen LogP contribution in [0.1, 0.15) is 12.8 Å². The van der Waals surface area contributed by atoms with Gasteiger partial charge in [-0.05, 0) is 12.8 Å². The summed E-state index contributed by atoms with van der Waals surface area (Å²) < 4.78 is 21.5. The summed E-state index contributed by atoms with van der Waals surface area (Å²) in [5.41, 5.74) is 0.777. The van der Waals surface area contributed by atoms with E-state index in [1.165, 1.54) is 21.3 Å². The van der Waals surface area contributed by atoms with Crippen LogP contribution in [0.3, 0.4) is 0 Å². The van der Waals surface area contributed by atoms with Crippen molar-refractivity contribution >= 4 is 13.3 Å². The fourth-order valence-corrected chi connectivity index (χ4v) is 2.29. The van der Waals surface area contributed by atoms with E-state index in [9.17, 15) is 4.57 Å². The van der Waals surface area contributed by atoms with Gasteiger partial charge in [0.05, 0.1) is 11.9 Å². The van der Waals surface area contributed by atoms with Crippen molar-refractivity contribution in [1.82, 2.24) is 0 Å². The van der Waals surface area contributed by atoms with E-state index in [4.69, 9.17) is 13.9 Å². The molecule has 1 aliphatic carbocycles. The summed E-state index contributed by atoms with van der Waals surface area (Å²) >= 11 is 0. The molecule has 0 bridgehead atoms. The lowest BCUT2D eigenvalue weighted by molar-refractivity contribution is 0.211. The summed E-state index contributed by atoms with van der Waals surface area (Å²) in [7, 11) is 1.24. The zero-order valence-electron chi connectivity index (χ0n) is 8.73. The maximum atomic E-state index is 11.8. The Bertz CT molecular complexity index is 254. The molecule has 0 radical (unpaired) electrons. The van der Waals surface area contributed by atoms with Crippen LogP contribution in [0.5, 0.6) is 0 Å². The summed E-state index contributed by atoms with van der Waals surface area (Å²) in [5.74, 6) is 0.397. The lowest BCUT2D eigenvalue weighted by Gasteiger charge is -2.13. The number of nitrogens with zero attached hydrogens (tertiary/aromatic N) is 1. The van der Waals surface area contributed by atoms with E-state index < -0.39 is 7.60 Å². The molecule has 0 atom stereocenters. The SMILES string of the molecule is CON=C(CP(=O)(OC)OC)C1CC1. The van der Waals surface area contributed by atoms with Crippen LogP contribution < -0.4 is 0 Å². The molecule has 0 saturated heterocycles. The van der Waals surface area contributed by atoms with Gasteiger partial charge in [0, 0.05) is 20.1 Å². The normalized spacial score (nSPS) is 18.4. The Labute approximate surface area is 83.9 Å². The van der Waals surface area contributed by atoms with Crippen molar-refractivity contribution in [3.05, 3.63) is 0 Å². The molecular formula is C8H16NO4P. The maximum absolute atomic E-state index is 11.8. The van der Waals surface area contributed by atoms with Gasteiger partial charge in [-0.3, -0.25) is 4.57 Å². The first kappa shape index (κ1) is 11.7. The standard InChI is InChI=1S/C8H16NO4P/c1-11-9-8(7-4-5-7)6-14(10,12-2)13-3/h7H,4-6H2,1-3H3. The topological polar surface area (TPSA) is 57.1 Å². The summed E-state index contributed by atoms with van der Waals surface area (Å²) in [6.07, 6.45) is 2.38. The molecule has 0 unspecified atom stereocenters. The van der Waals surface area contributed by atoms with Gasteiger partial charge in [-0.2, -0.15) is 0 Å². The Kier molecular flexibility index (Phi) is 4.11. The van der Waals surface area contributed by atoms with E-state index >= 15 is 0 Å². The first-order valence-electron chi connectivity index (χ1n) is 4.45. The quantitative estimate of drug-likeness (QED) is 0.390. The van der Waals surface area contributed by atoms with Crippen LogP contribution in [0.2, 0.25) is 0 Å². The third-order valence-electron chi connectivity index (χ3n) is 2.17. The molecule has 1 saturated carbocycles. The van der Waals surface area contributed by atoms with Crippen molar-refractivity contribution in [2.24, 2.45) is 11.1 Å².